The van der Waals surface area contributed by atoms with Crippen molar-refractivity contribution >= 4 is 5.91 Å². The summed E-state index contributed by atoms with van der Waals surface area (Å²) in [6.07, 6.45) is 4.55. The van der Waals surface area contributed by atoms with Gasteiger partial charge in [0.1, 0.15) is 5.75 Å². The predicted octanol–water partition coefficient (Wildman–Crippen LogP) is 4.89. The molecule has 1 amide bonds. The molecule has 0 aliphatic heterocycles. The molecule has 0 bridgehead atoms. The fourth-order valence-corrected chi connectivity index (χ4v) is 3.06. The lowest BCUT2D eigenvalue weighted by molar-refractivity contribution is 0.0730. The Morgan fingerprint density at radius 3 is 2.18 bits per heavy atom. The molecule has 0 aliphatic rings. The molecule has 144 valence electrons. The van der Waals surface area contributed by atoms with Crippen molar-refractivity contribution in [3.63, 3.8) is 0 Å². The van der Waals surface area contributed by atoms with Crippen LogP contribution in [-0.4, -0.2) is 22.4 Å². The average Bonchev–Trinajstić information content (AvgIpc) is 2.75. The van der Waals surface area contributed by atoms with Crippen molar-refractivity contribution in [2.45, 2.75) is 33.4 Å². The lowest BCUT2D eigenvalue weighted by Gasteiger charge is -2.23. The summed E-state index contributed by atoms with van der Waals surface area (Å²) in [5, 5.41) is 0. The van der Waals surface area contributed by atoms with Gasteiger partial charge in [0, 0.05) is 31.0 Å². The van der Waals surface area contributed by atoms with Gasteiger partial charge >= 0.3 is 0 Å². The van der Waals surface area contributed by atoms with Crippen LogP contribution in [0, 0.1) is 0 Å². The Kier molecular flexibility index (Phi) is 6.79. The summed E-state index contributed by atoms with van der Waals surface area (Å²) in [5.41, 5.74) is 4.06. The van der Waals surface area contributed by atoms with Crippen molar-refractivity contribution in [2.24, 2.45) is 0 Å². The van der Waals surface area contributed by atoms with Crippen molar-refractivity contribution in [1.29, 1.82) is 0 Å². The van der Waals surface area contributed by atoms with Crippen LogP contribution in [0.25, 0.3) is 0 Å². The summed E-state index contributed by atoms with van der Waals surface area (Å²) >= 11 is 0. The van der Waals surface area contributed by atoms with E-state index in [1.807, 2.05) is 48.2 Å². The van der Waals surface area contributed by atoms with Gasteiger partial charge in [-0.1, -0.05) is 37.3 Å². The molecule has 0 atom stereocenters. The minimum absolute atomic E-state index is 0.00790. The van der Waals surface area contributed by atoms with Crippen LogP contribution in [0.15, 0.2) is 73.1 Å². The number of carbonyl (C=O) groups is 1. The van der Waals surface area contributed by atoms with Gasteiger partial charge in [-0.2, -0.15) is 0 Å². The van der Waals surface area contributed by atoms with E-state index in [0.717, 1.165) is 23.3 Å². The molecule has 0 spiro atoms. The highest BCUT2D eigenvalue weighted by Gasteiger charge is 2.17. The molecular weight excluding hydrogens is 348 g/mol. The van der Waals surface area contributed by atoms with Gasteiger partial charge in [0.25, 0.3) is 5.91 Å². The summed E-state index contributed by atoms with van der Waals surface area (Å²) in [6, 6.07) is 19.7. The van der Waals surface area contributed by atoms with Gasteiger partial charge in [0.05, 0.1) is 6.61 Å². The summed E-state index contributed by atoms with van der Waals surface area (Å²) in [7, 11) is 0. The first kappa shape index (κ1) is 19.6. The van der Waals surface area contributed by atoms with Crippen LogP contribution in [-0.2, 0) is 19.5 Å². The zero-order chi connectivity index (χ0) is 19.8. The molecule has 2 aromatic carbocycles. The average molecular weight is 374 g/mol. The number of hydrogen-bond acceptors (Lipinski definition) is 3. The van der Waals surface area contributed by atoms with Crippen LogP contribution in [0.3, 0.4) is 0 Å². The van der Waals surface area contributed by atoms with E-state index in [0.29, 0.717) is 25.3 Å². The topological polar surface area (TPSA) is 42.4 Å². The second-order valence-corrected chi connectivity index (χ2v) is 6.65. The second-order valence-electron chi connectivity index (χ2n) is 6.65. The maximum absolute atomic E-state index is 13.2. The molecule has 3 rings (SSSR count). The molecular formula is C24H26N2O2. The number of amides is 1. The Morgan fingerprint density at radius 2 is 1.57 bits per heavy atom. The molecule has 0 aliphatic carbocycles. The fourth-order valence-electron chi connectivity index (χ4n) is 3.06. The molecule has 3 aromatic rings. The summed E-state index contributed by atoms with van der Waals surface area (Å²) in [6.45, 7) is 5.74. The van der Waals surface area contributed by atoms with Gasteiger partial charge in [0.2, 0.25) is 0 Å². The van der Waals surface area contributed by atoms with E-state index in [4.69, 9.17) is 4.74 Å². The third-order valence-corrected chi connectivity index (χ3v) is 4.60. The third-order valence-electron chi connectivity index (χ3n) is 4.60. The summed E-state index contributed by atoms with van der Waals surface area (Å²) < 4.78 is 5.48. The first-order chi connectivity index (χ1) is 13.7. The first-order valence-corrected chi connectivity index (χ1v) is 9.68. The molecule has 0 radical (unpaired) electrons. The molecule has 0 unspecified atom stereocenters. The minimum atomic E-state index is -0.00790. The summed E-state index contributed by atoms with van der Waals surface area (Å²) in [4.78, 5) is 19.2. The van der Waals surface area contributed by atoms with E-state index in [2.05, 4.69) is 36.2 Å². The summed E-state index contributed by atoms with van der Waals surface area (Å²) in [5.74, 6) is 0.763. The van der Waals surface area contributed by atoms with Gasteiger partial charge < -0.3 is 9.64 Å². The highest BCUT2D eigenvalue weighted by Crippen LogP contribution is 2.17. The van der Waals surface area contributed by atoms with Crippen LogP contribution in [0.1, 0.15) is 40.9 Å². The van der Waals surface area contributed by atoms with E-state index < -0.39 is 0 Å². The Balaban J connectivity index is 1.82. The van der Waals surface area contributed by atoms with Crippen molar-refractivity contribution in [3.05, 3.63) is 95.3 Å². The van der Waals surface area contributed by atoms with E-state index in [-0.39, 0.29) is 5.91 Å². The van der Waals surface area contributed by atoms with Crippen LogP contribution in [0.4, 0.5) is 0 Å². The number of carbonyl (C=O) groups excluding carboxylic acids is 1. The number of aryl methyl sites for hydroxylation is 1. The minimum Gasteiger partial charge on any atom is -0.494 e. The Bertz CT molecular complexity index is 875. The van der Waals surface area contributed by atoms with E-state index in [1.165, 1.54) is 5.56 Å². The SMILES string of the molecule is CCOc1ccc(C(=O)N(Cc2ccc(CC)cc2)Cc2cccnc2)cc1. The first-order valence-electron chi connectivity index (χ1n) is 9.68. The molecule has 1 aromatic heterocycles. The molecule has 0 saturated heterocycles. The van der Waals surface area contributed by atoms with Crippen LogP contribution < -0.4 is 4.74 Å². The number of nitrogens with zero attached hydrogens (tertiary/aromatic N) is 2. The van der Waals surface area contributed by atoms with Crippen molar-refractivity contribution in [2.75, 3.05) is 6.61 Å². The van der Waals surface area contributed by atoms with Gasteiger partial charge in [-0.25, -0.2) is 0 Å². The molecule has 0 fully saturated rings. The Morgan fingerprint density at radius 1 is 0.893 bits per heavy atom. The standard InChI is InChI=1S/C24H26N2O2/c1-3-19-7-9-20(10-8-19)17-26(18-21-6-5-15-25-16-21)24(27)22-11-13-23(14-12-22)28-4-2/h5-16H,3-4,17-18H2,1-2H3. The van der Waals surface area contributed by atoms with E-state index in [1.54, 1.807) is 12.4 Å². The quantitative estimate of drug-likeness (QED) is 0.564. The van der Waals surface area contributed by atoms with Crippen molar-refractivity contribution < 1.29 is 9.53 Å². The zero-order valence-corrected chi connectivity index (χ0v) is 16.5. The van der Waals surface area contributed by atoms with Crippen molar-refractivity contribution in [1.82, 2.24) is 9.88 Å². The molecule has 0 N–H and O–H groups in total. The number of benzene rings is 2. The smallest absolute Gasteiger partial charge is 0.254 e. The lowest BCUT2D eigenvalue weighted by atomic mass is 10.1. The van der Waals surface area contributed by atoms with Crippen LogP contribution >= 0.6 is 0 Å². The van der Waals surface area contributed by atoms with Crippen LogP contribution in [0.5, 0.6) is 5.75 Å². The monoisotopic (exact) mass is 374 g/mol. The number of hydrogen-bond donors (Lipinski definition) is 0. The molecule has 28 heavy (non-hydrogen) atoms. The zero-order valence-electron chi connectivity index (χ0n) is 16.5. The van der Waals surface area contributed by atoms with Gasteiger partial charge in [-0.05, 0) is 60.4 Å². The number of ether oxygens (including phenoxy) is 1. The highest BCUT2D eigenvalue weighted by molar-refractivity contribution is 5.94. The number of aromatic nitrogens is 1. The largest absolute Gasteiger partial charge is 0.494 e. The molecule has 4 nitrogen and oxygen atoms in total. The maximum Gasteiger partial charge on any atom is 0.254 e. The molecule has 4 heteroatoms. The highest BCUT2D eigenvalue weighted by atomic mass is 16.5. The predicted molar refractivity (Wildman–Crippen MR) is 111 cm³/mol. The second kappa shape index (κ2) is 9.70. The normalized spacial score (nSPS) is 10.5. The maximum atomic E-state index is 13.2. The number of pyridine rings is 1. The number of rotatable bonds is 8. The van der Waals surface area contributed by atoms with Gasteiger partial charge in [0.15, 0.2) is 0 Å². The van der Waals surface area contributed by atoms with Gasteiger partial charge in [-0.3, -0.25) is 9.78 Å². The van der Waals surface area contributed by atoms with Gasteiger partial charge in [-0.15, -0.1) is 0 Å². The fraction of sp³-hybridized carbons (Fsp3) is 0.250. The van der Waals surface area contributed by atoms with E-state index >= 15 is 0 Å². The van der Waals surface area contributed by atoms with Crippen LogP contribution in [0.2, 0.25) is 0 Å². The molecule has 1 heterocycles. The third kappa shape index (κ3) is 5.19. The lowest BCUT2D eigenvalue weighted by Crippen LogP contribution is -2.30. The molecule has 0 saturated carbocycles. The Labute approximate surface area is 166 Å². The van der Waals surface area contributed by atoms with Crippen molar-refractivity contribution in [3.8, 4) is 5.75 Å². The van der Waals surface area contributed by atoms with E-state index in [9.17, 15) is 4.79 Å². The Hall–Kier alpha value is -3.14.